The molecular weight excluding hydrogens is 205 g/mol. The zero-order valence-corrected chi connectivity index (χ0v) is 9.54. The van der Waals surface area contributed by atoms with Gasteiger partial charge in [0.15, 0.2) is 0 Å². The van der Waals surface area contributed by atoms with Crippen LogP contribution in [0.25, 0.3) is 0 Å². The molecular formula is C10H17Cl2N. The Balaban J connectivity index is 2.60. The van der Waals surface area contributed by atoms with Crippen molar-refractivity contribution >= 4 is 23.2 Å². The Morgan fingerprint density at radius 2 is 2.08 bits per heavy atom. The molecule has 1 aliphatic rings. The lowest BCUT2D eigenvalue weighted by Gasteiger charge is -2.29. The van der Waals surface area contributed by atoms with Crippen molar-refractivity contribution < 1.29 is 0 Å². The summed E-state index contributed by atoms with van der Waals surface area (Å²) in [5.74, 6) is 0.366. The molecule has 76 valence electrons. The predicted molar refractivity (Wildman–Crippen MR) is 59.2 cm³/mol. The molecule has 1 fully saturated rings. The van der Waals surface area contributed by atoms with Crippen LogP contribution in [0.4, 0.5) is 0 Å². The van der Waals surface area contributed by atoms with Crippen LogP contribution in [0.2, 0.25) is 0 Å². The van der Waals surface area contributed by atoms with Crippen LogP contribution in [0.15, 0.2) is 11.1 Å². The molecule has 1 unspecified atom stereocenters. The molecule has 1 saturated carbocycles. The van der Waals surface area contributed by atoms with Gasteiger partial charge in [-0.3, -0.25) is 0 Å². The standard InChI is InChI=1S/C10H17Cl2N/c1-10(4-2-3-5-10)9(13)6-8(12)7-11/h6,9H,2-5,7,13H2,1H3/b8-6-. The molecule has 0 heterocycles. The van der Waals surface area contributed by atoms with E-state index in [1.807, 2.05) is 6.08 Å². The molecule has 0 radical (unpaired) electrons. The van der Waals surface area contributed by atoms with Crippen molar-refractivity contribution in [2.75, 3.05) is 5.88 Å². The minimum atomic E-state index is 0.0567. The normalized spacial score (nSPS) is 24.8. The van der Waals surface area contributed by atoms with Crippen LogP contribution < -0.4 is 5.73 Å². The molecule has 0 spiro atoms. The summed E-state index contributed by atoms with van der Waals surface area (Å²) in [6, 6.07) is 0.0567. The average Bonchev–Trinajstić information content (AvgIpc) is 2.53. The SMILES string of the molecule is CC1(C(N)/C=C(\Cl)CCl)CCCC1. The predicted octanol–water partition coefficient (Wildman–Crippen LogP) is 3.26. The van der Waals surface area contributed by atoms with E-state index in [4.69, 9.17) is 28.9 Å². The van der Waals surface area contributed by atoms with Crippen molar-refractivity contribution in [3.63, 3.8) is 0 Å². The number of rotatable bonds is 3. The monoisotopic (exact) mass is 221 g/mol. The fourth-order valence-corrected chi connectivity index (χ4v) is 2.18. The largest absolute Gasteiger partial charge is 0.324 e. The van der Waals surface area contributed by atoms with Gasteiger partial charge < -0.3 is 5.73 Å². The molecule has 0 amide bonds. The highest BCUT2D eigenvalue weighted by Gasteiger charge is 2.33. The number of halogens is 2. The van der Waals surface area contributed by atoms with Crippen LogP contribution in [0.3, 0.4) is 0 Å². The second-order valence-corrected chi connectivity index (χ2v) is 4.89. The third kappa shape index (κ3) is 2.87. The van der Waals surface area contributed by atoms with Crippen molar-refractivity contribution in [1.29, 1.82) is 0 Å². The van der Waals surface area contributed by atoms with Gasteiger partial charge in [-0.2, -0.15) is 0 Å². The lowest BCUT2D eigenvalue weighted by Crippen LogP contribution is -2.35. The molecule has 1 aliphatic carbocycles. The number of alkyl halides is 1. The van der Waals surface area contributed by atoms with Crippen molar-refractivity contribution in [1.82, 2.24) is 0 Å². The summed E-state index contributed by atoms with van der Waals surface area (Å²) < 4.78 is 0. The van der Waals surface area contributed by atoms with E-state index in [2.05, 4.69) is 6.92 Å². The van der Waals surface area contributed by atoms with E-state index in [1.54, 1.807) is 0 Å². The summed E-state index contributed by atoms with van der Waals surface area (Å²) in [6.07, 6.45) is 6.89. The molecule has 0 aromatic heterocycles. The molecule has 13 heavy (non-hydrogen) atoms. The minimum absolute atomic E-state index is 0.0567. The molecule has 0 saturated heterocycles. The van der Waals surface area contributed by atoms with E-state index < -0.39 is 0 Å². The summed E-state index contributed by atoms with van der Waals surface area (Å²) >= 11 is 11.4. The molecule has 0 aromatic rings. The summed E-state index contributed by atoms with van der Waals surface area (Å²) in [5, 5.41) is 0.669. The van der Waals surface area contributed by atoms with Crippen LogP contribution in [-0.2, 0) is 0 Å². The number of hydrogen-bond acceptors (Lipinski definition) is 1. The second kappa shape index (κ2) is 4.68. The van der Waals surface area contributed by atoms with Gasteiger partial charge >= 0.3 is 0 Å². The maximum absolute atomic E-state index is 6.07. The fourth-order valence-electron chi connectivity index (χ4n) is 1.96. The van der Waals surface area contributed by atoms with Crippen molar-refractivity contribution in [3.05, 3.63) is 11.1 Å². The Hall–Kier alpha value is 0.280. The Bertz CT molecular complexity index is 195. The first-order valence-electron chi connectivity index (χ1n) is 4.76. The van der Waals surface area contributed by atoms with Crippen LogP contribution in [-0.4, -0.2) is 11.9 Å². The lowest BCUT2D eigenvalue weighted by atomic mass is 9.81. The van der Waals surface area contributed by atoms with Gasteiger partial charge in [-0.25, -0.2) is 0 Å². The summed E-state index contributed by atoms with van der Waals surface area (Å²) in [4.78, 5) is 0. The van der Waals surface area contributed by atoms with Gasteiger partial charge in [0.2, 0.25) is 0 Å². The van der Waals surface area contributed by atoms with E-state index in [0.29, 0.717) is 10.9 Å². The van der Waals surface area contributed by atoms with Gasteiger partial charge in [0.25, 0.3) is 0 Å². The smallest absolute Gasteiger partial charge is 0.0579 e. The van der Waals surface area contributed by atoms with Crippen molar-refractivity contribution in [2.45, 2.75) is 38.6 Å². The molecule has 3 heteroatoms. The molecule has 1 rings (SSSR count). The summed E-state index contributed by atoms with van der Waals surface area (Å²) in [5.41, 5.74) is 6.31. The Morgan fingerprint density at radius 1 is 1.54 bits per heavy atom. The van der Waals surface area contributed by atoms with Gasteiger partial charge in [0.1, 0.15) is 0 Å². The zero-order chi connectivity index (χ0) is 9.90. The highest BCUT2D eigenvalue weighted by Crippen LogP contribution is 2.40. The second-order valence-electron chi connectivity index (χ2n) is 4.13. The van der Waals surface area contributed by atoms with Crippen LogP contribution in [0, 0.1) is 5.41 Å². The number of hydrogen-bond donors (Lipinski definition) is 1. The number of allylic oxidation sites excluding steroid dienone is 1. The average molecular weight is 222 g/mol. The summed E-state index contributed by atoms with van der Waals surface area (Å²) in [7, 11) is 0. The Kier molecular flexibility index (Phi) is 4.08. The molecule has 2 N–H and O–H groups in total. The third-order valence-corrected chi connectivity index (χ3v) is 3.72. The maximum atomic E-state index is 6.07. The Morgan fingerprint density at radius 3 is 2.54 bits per heavy atom. The van der Waals surface area contributed by atoms with Gasteiger partial charge in [0, 0.05) is 11.1 Å². The van der Waals surface area contributed by atoms with E-state index in [1.165, 1.54) is 25.7 Å². The first-order chi connectivity index (χ1) is 6.08. The third-order valence-electron chi connectivity index (χ3n) is 3.04. The minimum Gasteiger partial charge on any atom is -0.324 e. The van der Waals surface area contributed by atoms with Gasteiger partial charge in [-0.05, 0) is 18.3 Å². The topological polar surface area (TPSA) is 26.0 Å². The van der Waals surface area contributed by atoms with Crippen molar-refractivity contribution in [2.24, 2.45) is 11.1 Å². The quantitative estimate of drug-likeness (QED) is 0.728. The highest BCUT2D eigenvalue weighted by molar-refractivity contribution is 6.35. The van der Waals surface area contributed by atoms with Crippen LogP contribution in [0.1, 0.15) is 32.6 Å². The van der Waals surface area contributed by atoms with Crippen LogP contribution >= 0.6 is 23.2 Å². The Labute approximate surface area is 90.3 Å². The summed E-state index contributed by atoms with van der Waals surface area (Å²) in [6.45, 7) is 2.24. The van der Waals surface area contributed by atoms with E-state index in [9.17, 15) is 0 Å². The fraction of sp³-hybridized carbons (Fsp3) is 0.800. The van der Waals surface area contributed by atoms with E-state index in [0.717, 1.165) is 0 Å². The molecule has 0 aromatic carbocycles. The maximum Gasteiger partial charge on any atom is 0.0579 e. The molecule has 0 bridgehead atoms. The zero-order valence-electron chi connectivity index (χ0n) is 8.02. The first kappa shape index (κ1) is 11.4. The van der Waals surface area contributed by atoms with Gasteiger partial charge in [-0.15, -0.1) is 11.6 Å². The molecule has 1 atom stereocenters. The van der Waals surface area contributed by atoms with Gasteiger partial charge in [-0.1, -0.05) is 37.4 Å². The molecule has 0 aliphatic heterocycles. The number of nitrogens with two attached hydrogens (primary N) is 1. The first-order valence-corrected chi connectivity index (χ1v) is 5.67. The lowest BCUT2D eigenvalue weighted by molar-refractivity contribution is 0.298. The molecule has 1 nitrogen and oxygen atoms in total. The highest BCUT2D eigenvalue weighted by atomic mass is 35.5. The van der Waals surface area contributed by atoms with Gasteiger partial charge in [0.05, 0.1) is 5.88 Å². The van der Waals surface area contributed by atoms with Crippen LogP contribution in [0.5, 0.6) is 0 Å². The van der Waals surface area contributed by atoms with Crippen molar-refractivity contribution in [3.8, 4) is 0 Å². The van der Waals surface area contributed by atoms with E-state index >= 15 is 0 Å². The van der Waals surface area contributed by atoms with E-state index in [-0.39, 0.29) is 11.5 Å².